The van der Waals surface area contributed by atoms with Crippen LogP contribution in [0.3, 0.4) is 0 Å². The van der Waals surface area contributed by atoms with E-state index in [1.165, 1.54) is 37.7 Å². The zero-order valence-corrected chi connectivity index (χ0v) is 13.2. The lowest BCUT2D eigenvalue weighted by atomic mass is 9.88. The summed E-state index contributed by atoms with van der Waals surface area (Å²) in [5.74, 6) is 0.723. The second-order valence-electron chi connectivity index (χ2n) is 5.37. The van der Waals surface area contributed by atoms with Crippen molar-refractivity contribution in [2.75, 3.05) is 6.54 Å². The highest BCUT2D eigenvalue weighted by atomic mass is 15.3. The molecular formula is C16H31N3. The summed E-state index contributed by atoms with van der Waals surface area (Å²) in [7, 11) is 0. The van der Waals surface area contributed by atoms with Crippen LogP contribution in [0.2, 0.25) is 0 Å². The van der Waals surface area contributed by atoms with E-state index in [-0.39, 0.29) is 0 Å². The molecule has 0 radical (unpaired) electrons. The maximum Gasteiger partial charge on any atom is 0.0537 e. The molecule has 110 valence electrons. The van der Waals surface area contributed by atoms with Crippen molar-refractivity contribution in [3.63, 3.8) is 0 Å². The van der Waals surface area contributed by atoms with Gasteiger partial charge in [0.2, 0.25) is 0 Å². The van der Waals surface area contributed by atoms with Gasteiger partial charge in [-0.05, 0) is 32.2 Å². The van der Waals surface area contributed by atoms with Crippen LogP contribution < -0.4 is 5.32 Å². The summed E-state index contributed by atoms with van der Waals surface area (Å²) in [6.45, 7) is 11.0. The van der Waals surface area contributed by atoms with Crippen LogP contribution in [0.4, 0.5) is 0 Å². The SMILES string of the molecule is CCCCC(CC)C(NCCC)c1cnn(CC)c1. The van der Waals surface area contributed by atoms with Gasteiger partial charge in [0.1, 0.15) is 0 Å². The lowest BCUT2D eigenvalue weighted by Crippen LogP contribution is -2.28. The van der Waals surface area contributed by atoms with E-state index in [4.69, 9.17) is 0 Å². The number of unbranched alkanes of at least 4 members (excludes halogenated alkanes) is 1. The molecule has 1 aromatic rings. The van der Waals surface area contributed by atoms with Crippen molar-refractivity contribution in [2.24, 2.45) is 5.92 Å². The number of nitrogens with one attached hydrogen (secondary N) is 1. The highest BCUT2D eigenvalue weighted by molar-refractivity contribution is 5.12. The van der Waals surface area contributed by atoms with Crippen molar-refractivity contribution >= 4 is 0 Å². The first-order valence-corrected chi connectivity index (χ1v) is 8.02. The van der Waals surface area contributed by atoms with E-state index in [9.17, 15) is 0 Å². The quantitative estimate of drug-likeness (QED) is 0.688. The molecule has 2 atom stereocenters. The van der Waals surface area contributed by atoms with Crippen molar-refractivity contribution in [2.45, 2.75) is 72.4 Å². The normalized spacial score (nSPS) is 14.5. The van der Waals surface area contributed by atoms with Crippen LogP contribution in [0, 0.1) is 5.92 Å². The van der Waals surface area contributed by atoms with Crippen LogP contribution in [-0.2, 0) is 6.54 Å². The molecule has 0 spiro atoms. The van der Waals surface area contributed by atoms with Gasteiger partial charge in [0.15, 0.2) is 0 Å². The average molecular weight is 265 g/mol. The van der Waals surface area contributed by atoms with E-state index in [1.807, 2.05) is 10.9 Å². The third kappa shape index (κ3) is 4.98. The van der Waals surface area contributed by atoms with Gasteiger partial charge in [-0.25, -0.2) is 0 Å². The third-order valence-corrected chi connectivity index (χ3v) is 3.87. The topological polar surface area (TPSA) is 29.9 Å². The monoisotopic (exact) mass is 265 g/mol. The fourth-order valence-electron chi connectivity index (χ4n) is 2.64. The largest absolute Gasteiger partial charge is 0.310 e. The van der Waals surface area contributed by atoms with Crippen molar-refractivity contribution in [1.29, 1.82) is 0 Å². The molecule has 2 unspecified atom stereocenters. The Morgan fingerprint density at radius 2 is 2.00 bits per heavy atom. The number of nitrogens with zero attached hydrogens (tertiary/aromatic N) is 2. The lowest BCUT2D eigenvalue weighted by Gasteiger charge is -2.26. The average Bonchev–Trinajstić information content (AvgIpc) is 2.91. The standard InChI is InChI=1S/C16H31N3/c1-5-9-10-14(7-3)16(17-11-6-2)15-12-18-19(8-4)13-15/h12-14,16-17H,5-11H2,1-4H3. The van der Waals surface area contributed by atoms with Gasteiger partial charge in [-0.2, -0.15) is 5.10 Å². The van der Waals surface area contributed by atoms with E-state index in [2.05, 4.69) is 44.3 Å². The van der Waals surface area contributed by atoms with Gasteiger partial charge >= 0.3 is 0 Å². The van der Waals surface area contributed by atoms with E-state index in [0.717, 1.165) is 19.0 Å². The first-order chi connectivity index (χ1) is 9.26. The molecule has 3 nitrogen and oxygen atoms in total. The molecule has 0 aliphatic carbocycles. The van der Waals surface area contributed by atoms with Crippen molar-refractivity contribution < 1.29 is 0 Å². The summed E-state index contributed by atoms with van der Waals surface area (Å²) in [6, 6.07) is 0.469. The minimum Gasteiger partial charge on any atom is -0.310 e. The molecule has 1 rings (SSSR count). The summed E-state index contributed by atoms with van der Waals surface area (Å²) in [6.07, 6.45) is 10.6. The third-order valence-electron chi connectivity index (χ3n) is 3.87. The second kappa shape index (κ2) is 9.13. The van der Waals surface area contributed by atoms with Crippen molar-refractivity contribution in [3.05, 3.63) is 18.0 Å². The maximum absolute atomic E-state index is 4.44. The van der Waals surface area contributed by atoms with E-state index < -0.39 is 0 Å². The molecule has 0 saturated carbocycles. The molecule has 0 saturated heterocycles. The zero-order chi connectivity index (χ0) is 14.1. The Balaban J connectivity index is 2.78. The van der Waals surface area contributed by atoms with Gasteiger partial charge in [-0.15, -0.1) is 0 Å². The van der Waals surface area contributed by atoms with Gasteiger partial charge in [0.05, 0.1) is 6.20 Å². The number of aryl methyl sites for hydroxylation is 1. The predicted octanol–water partition coefficient (Wildman–Crippen LogP) is 4.16. The summed E-state index contributed by atoms with van der Waals surface area (Å²) >= 11 is 0. The highest BCUT2D eigenvalue weighted by Crippen LogP contribution is 2.28. The molecule has 0 fully saturated rings. The van der Waals surface area contributed by atoms with Crippen molar-refractivity contribution in [3.8, 4) is 0 Å². The minimum atomic E-state index is 0.469. The molecular weight excluding hydrogens is 234 g/mol. The summed E-state index contributed by atoms with van der Waals surface area (Å²) < 4.78 is 2.03. The number of rotatable bonds is 10. The number of aromatic nitrogens is 2. The molecule has 1 aromatic heterocycles. The summed E-state index contributed by atoms with van der Waals surface area (Å²) in [4.78, 5) is 0. The Morgan fingerprint density at radius 1 is 1.21 bits per heavy atom. The molecule has 0 aromatic carbocycles. The first-order valence-electron chi connectivity index (χ1n) is 8.02. The van der Waals surface area contributed by atoms with Gasteiger partial charge in [0.25, 0.3) is 0 Å². The fraction of sp³-hybridized carbons (Fsp3) is 0.812. The molecule has 0 aliphatic heterocycles. The lowest BCUT2D eigenvalue weighted by molar-refractivity contribution is 0.323. The Labute approximate surface area is 118 Å². The van der Waals surface area contributed by atoms with Crippen LogP contribution in [-0.4, -0.2) is 16.3 Å². The van der Waals surface area contributed by atoms with Crippen molar-refractivity contribution in [1.82, 2.24) is 15.1 Å². The van der Waals surface area contributed by atoms with Crippen LogP contribution >= 0.6 is 0 Å². The van der Waals surface area contributed by atoms with Gasteiger partial charge in [-0.3, -0.25) is 4.68 Å². The molecule has 19 heavy (non-hydrogen) atoms. The Bertz CT molecular complexity index is 332. The fourth-order valence-corrected chi connectivity index (χ4v) is 2.64. The maximum atomic E-state index is 4.44. The zero-order valence-electron chi connectivity index (χ0n) is 13.2. The summed E-state index contributed by atoms with van der Waals surface area (Å²) in [5, 5.41) is 8.17. The van der Waals surface area contributed by atoms with E-state index in [1.54, 1.807) is 0 Å². The first kappa shape index (κ1) is 16.2. The number of hydrogen-bond donors (Lipinski definition) is 1. The minimum absolute atomic E-state index is 0.469. The van der Waals surface area contributed by atoms with Crippen LogP contribution in [0.25, 0.3) is 0 Å². The number of hydrogen-bond acceptors (Lipinski definition) is 2. The Hall–Kier alpha value is -0.830. The summed E-state index contributed by atoms with van der Waals surface area (Å²) in [5.41, 5.74) is 1.36. The highest BCUT2D eigenvalue weighted by Gasteiger charge is 2.22. The van der Waals surface area contributed by atoms with Gasteiger partial charge in [0, 0.05) is 24.3 Å². The molecule has 1 N–H and O–H groups in total. The van der Waals surface area contributed by atoms with Crippen LogP contribution in [0.5, 0.6) is 0 Å². The molecule has 0 aliphatic rings. The molecule has 0 bridgehead atoms. The van der Waals surface area contributed by atoms with E-state index >= 15 is 0 Å². The molecule has 3 heteroatoms. The Kier molecular flexibility index (Phi) is 7.80. The van der Waals surface area contributed by atoms with Crippen LogP contribution in [0.15, 0.2) is 12.4 Å². The van der Waals surface area contributed by atoms with Gasteiger partial charge < -0.3 is 5.32 Å². The van der Waals surface area contributed by atoms with E-state index in [0.29, 0.717) is 6.04 Å². The predicted molar refractivity (Wildman–Crippen MR) is 82.2 cm³/mol. The van der Waals surface area contributed by atoms with Gasteiger partial charge in [-0.1, -0.05) is 40.0 Å². The Morgan fingerprint density at radius 3 is 2.53 bits per heavy atom. The smallest absolute Gasteiger partial charge is 0.0537 e. The molecule has 1 heterocycles. The second-order valence-corrected chi connectivity index (χ2v) is 5.37. The molecule has 0 amide bonds. The van der Waals surface area contributed by atoms with Crippen LogP contribution in [0.1, 0.15) is 71.4 Å².